The number of aromatic amines is 1. The molecule has 1 aromatic carbocycles. The van der Waals surface area contributed by atoms with Crippen LogP contribution in [0, 0.1) is 0 Å². The minimum atomic E-state index is -0.402. The second-order valence-corrected chi connectivity index (χ2v) is 5.59. The van der Waals surface area contributed by atoms with Crippen LogP contribution in [0.4, 0.5) is 5.69 Å². The number of nitrogens with zero attached hydrogens (tertiary/aromatic N) is 3. The van der Waals surface area contributed by atoms with Gasteiger partial charge in [0, 0.05) is 12.0 Å². The molecule has 0 unspecified atom stereocenters. The number of carbonyl (C=O) groups excluding carboxylic acids is 1. The summed E-state index contributed by atoms with van der Waals surface area (Å²) in [6, 6.07) is 7.30. The summed E-state index contributed by atoms with van der Waals surface area (Å²) >= 11 is 1.16. The van der Waals surface area contributed by atoms with Crippen LogP contribution in [-0.4, -0.2) is 38.1 Å². The van der Waals surface area contributed by atoms with Gasteiger partial charge in [-0.15, -0.1) is 10.2 Å². The van der Waals surface area contributed by atoms with Gasteiger partial charge in [0.15, 0.2) is 5.69 Å². The molecule has 0 fully saturated rings. The number of H-pyrrole nitrogens is 1. The quantitative estimate of drug-likeness (QED) is 0.756. The van der Waals surface area contributed by atoms with Crippen molar-refractivity contribution in [3.8, 4) is 5.88 Å². The number of aromatic nitrogens is 1. The average Bonchev–Trinajstić information content (AvgIpc) is 2.97. The van der Waals surface area contributed by atoms with Crippen LogP contribution in [0.3, 0.4) is 0 Å². The average molecular weight is 304 g/mol. The van der Waals surface area contributed by atoms with Gasteiger partial charge in [0.05, 0.1) is 10.8 Å². The summed E-state index contributed by atoms with van der Waals surface area (Å²) in [7, 11) is 0. The molecule has 108 valence electrons. The van der Waals surface area contributed by atoms with Gasteiger partial charge in [-0.25, -0.2) is 0 Å². The standard InChI is InChI=1S/C13H12N4O3S/c18-6-5-9-11(19)15-13(21-9)17-16-10-7-3-1-2-4-8(7)14-12(10)20/h1-4,9,14,18,20H,5-6H2/t9-/m1/s1. The highest BCUT2D eigenvalue weighted by atomic mass is 32.2. The van der Waals surface area contributed by atoms with Gasteiger partial charge in [0.25, 0.3) is 5.91 Å². The lowest BCUT2D eigenvalue weighted by molar-refractivity contribution is -0.117. The predicted molar refractivity (Wildman–Crippen MR) is 80.0 cm³/mol. The Balaban J connectivity index is 1.84. The Bertz CT molecular complexity index is 753. The molecule has 1 amide bonds. The number of carbonyl (C=O) groups is 1. The first-order valence-electron chi connectivity index (χ1n) is 6.30. The fourth-order valence-electron chi connectivity index (χ4n) is 2.02. The maximum atomic E-state index is 11.5. The summed E-state index contributed by atoms with van der Waals surface area (Å²) in [6.45, 7) is -0.0768. The highest BCUT2D eigenvalue weighted by Crippen LogP contribution is 2.36. The zero-order chi connectivity index (χ0) is 14.8. The monoisotopic (exact) mass is 304 g/mol. The molecule has 8 heteroatoms. The third-order valence-corrected chi connectivity index (χ3v) is 4.12. The summed E-state index contributed by atoms with van der Waals surface area (Å²) < 4.78 is 0. The number of fused-ring (bicyclic) bond motifs is 1. The third kappa shape index (κ3) is 2.67. The molecule has 3 rings (SSSR count). The molecule has 2 aromatic rings. The SMILES string of the molecule is O=C1N=C(N=Nc2c(O)[nH]c3ccccc23)S[C@@H]1CCO. The molecule has 21 heavy (non-hydrogen) atoms. The summed E-state index contributed by atoms with van der Waals surface area (Å²) in [5, 5.41) is 27.2. The van der Waals surface area contributed by atoms with E-state index in [9.17, 15) is 9.90 Å². The Labute approximate surface area is 123 Å². The zero-order valence-corrected chi connectivity index (χ0v) is 11.7. The van der Waals surface area contributed by atoms with E-state index >= 15 is 0 Å². The van der Waals surface area contributed by atoms with E-state index in [2.05, 4.69) is 20.2 Å². The number of hydrogen-bond acceptors (Lipinski definition) is 6. The number of aromatic hydroxyl groups is 1. The van der Waals surface area contributed by atoms with Crippen molar-refractivity contribution in [1.82, 2.24) is 4.98 Å². The van der Waals surface area contributed by atoms with Crippen molar-refractivity contribution < 1.29 is 15.0 Å². The number of benzene rings is 1. The number of para-hydroxylation sites is 1. The van der Waals surface area contributed by atoms with Crippen molar-refractivity contribution in [2.75, 3.05) is 6.61 Å². The van der Waals surface area contributed by atoms with Crippen LogP contribution in [0.25, 0.3) is 10.9 Å². The Morgan fingerprint density at radius 2 is 2.14 bits per heavy atom. The molecule has 1 atom stereocenters. The maximum absolute atomic E-state index is 11.5. The molecule has 0 radical (unpaired) electrons. The van der Waals surface area contributed by atoms with Crippen molar-refractivity contribution >= 4 is 39.4 Å². The summed E-state index contributed by atoms with van der Waals surface area (Å²) in [5.74, 6) is -0.395. The first kappa shape index (κ1) is 13.8. The molecule has 1 aliphatic rings. The number of hydrogen-bond donors (Lipinski definition) is 3. The van der Waals surface area contributed by atoms with Gasteiger partial charge < -0.3 is 15.2 Å². The fourth-order valence-corrected chi connectivity index (χ4v) is 2.88. The molecule has 0 aliphatic carbocycles. The maximum Gasteiger partial charge on any atom is 0.261 e. The highest BCUT2D eigenvalue weighted by Gasteiger charge is 2.28. The van der Waals surface area contributed by atoms with Gasteiger partial charge in [0.1, 0.15) is 0 Å². The molecule has 2 heterocycles. The largest absolute Gasteiger partial charge is 0.493 e. The van der Waals surface area contributed by atoms with Gasteiger partial charge in [-0.05, 0) is 12.5 Å². The van der Waals surface area contributed by atoms with Crippen LogP contribution in [0.1, 0.15) is 6.42 Å². The zero-order valence-electron chi connectivity index (χ0n) is 10.9. The van der Waals surface area contributed by atoms with Crippen molar-refractivity contribution in [1.29, 1.82) is 0 Å². The van der Waals surface area contributed by atoms with Gasteiger partial charge in [-0.3, -0.25) is 4.79 Å². The molecular formula is C13H12N4O3S. The van der Waals surface area contributed by atoms with Crippen molar-refractivity contribution in [3.63, 3.8) is 0 Å². The van der Waals surface area contributed by atoms with E-state index in [1.807, 2.05) is 24.3 Å². The number of nitrogens with one attached hydrogen (secondary N) is 1. The Morgan fingerprint density at radius 3 is 2.95 bits per heavy atom. The minimum Gasteiger partial charge on any atom is -0.493 e. The van der Waals surface area contributed by atoms with Crippen molar-refractivity contribution in [3.05, 3.63) is 24.3 Å². The lowest BCUT2D eigenvalue weighted by atomic mass is 10.2. The van der Waals surface area contributed by atoms with E-state index in [4.69, 9.17) is 5.11 Å². The Kier molecular flexibility index (Phi) is 3.72. The number of amides is 1. The normalized spacial score (nSPS) is 18.8. The van der Waals surface area contributed by atoms with Crippen LogP contribution in [-0.2, 0) is 4.79 Å². The number of aliphatic hydroxyl groups is 1. The van der Waals surface area contributed by atoms with E-state index in [0.717, 1.165) is 22.7 Å². The van der Waals surface area contributed by atoms with Crippen molar-refractivity contribution in [2.24, 2.45) is 15.2 Å². The molecule has 0 bridgehead atoms. The Hall–Kier alpha value is -2.19. The Morgan fingerprint density at radius 1 is 1.33 bits per heavy atom. The van der Waals surface area contributed by atoms with E-state index in [-0.39, 0.29) is 23.6 Å². The molecular weight excluding hydrogens is 292 g/mol. The molecule has 1 aromatic heterocycles. The number of azo groups is 1. The van der Waals surface area contributed by atoms with Crippen LogP contribution in [0.2, 0.25) is 0 Å². The van der Waals surface area contributed by atoms with E-state index < -0.39 is 5.25 Å². The molecule has 0 saturated heterocycles. The van der Waals surface area contributed by atoms with Crippen LogP contribution < -0.4 is 0 Å². The minimum absolute atomic E-state index is 0.0768. The van der Waals surface area contributed by atoms with Gasteiger partial charge in [-0.2, -0.15) is 4.99 Å². The van der Waals surface area contributed by atoms with Crippen LogP contribution in [0.15, 0.2) is 39.5 Å². The van der Waals surface area contributed by atoms with Crippen LogP contribution >= 0.6 is 11.8 Å². The highest BCUT2D eigenvalue weighted by molar-refractivity contribution is 8.15. The van der Waals surface area contributed by atoms with E-state index in [1.54, 1.807) is 0 Å². The molecule has 0 saturated carbocycles. The van der Waals surface area contributed by atoms with E-state index in [1.165, 1.54) is 0 Å². The second kappa shape index (κ2) is 5.66. The summed E-state index contributed by atoms with van der Waals surface area (Å²) in [5.41, 5.74) is 1.06. The molecule has 0 spiro atoms. The number of aliphatic hydroxyl groups excluding tert-OH is 1. The smallest absolute Gasteiger partial charge is 0.261 e. The van der Waals surface area contributed by atoms with Crippen molar-refractivity contribution in [2.45, 2.75) is 11.7 Å². The number of thioether (sulfide) groups is 1. The number of amidine groups is 1. The summed E-state index contributed by atoms with van der Waals surface area (Å²) in [4.78, 5) is 18.1. The van der Waals surface area contributed by atoms with E-state index in [0.29, 0.717) is 12.1 Å². The van der Waals surface area contributed by atoms with Gasteiger partial charge in [0.2, 0.25) is 11.0 Å². The van der Waals surface area contributed by atoms with Gasteiger partial charge in [-0.1, -0.05) is 30.0 Å². The lowest BCUT2D eigenvalue weighted by Gasteiger charge is -2.00. The predicted octanol–water partition coefficient (Wildman–Crippen LogP) is 2.34. The molecule has 1 aliphatic heterocycles. The molecule has 7 nitrogen and oxygen atoms in total. The van der Waals surface area contributed by atoms with Crippen LogP contribution in [0.5, 0.6) is 5.88 Å². The lowest BCUT2D eigenvalue weighted by Crippen LogP contribution is -2.11. The van der Waals surface area contributed by atoms with Gasteiger partial charge >= 0.3 is 0 Å². The number of aliphatic imine (C=N–C) groups is 1. The molecule has 3 N–H and O–H groups in total. The summed E-state index contributed by atoms with van der Waals surface area (Å²) in [6.07, 6.45) is 0.338. The fraction of sp³-hybridized carbons (Fsp3) is 0.231. The topological polar surface area (TPSA) is 110 Å². The number of rotatable bonds is 3. The second-order valence-electron chi connectivity index (χ2n) is 4.42. The first-order valence-corrected chi connectivity index (χ1v) is 7.18. The first-order chi connectivity index (χ1) is 10.2. The third-order valence-electron chi connectivity index (χ3n) is 3.02.